The lowest BCUT2D eigenvalue weighted by molar-refractivity contribution is -0.0921. The zero-order valence-corrected chi connectivity index (χ0v) is 15.7. The summed E-state index contributed by atoms with van der Waals surface area (Å²) < 4.78 is 16.5. The lowest BCUT2D eigenvalue weighted by atomic mass is 10.0. The molecule has 6 N–H and O–H groups in total. The lowest BCUT2D eigenvalue weighted by Crippen LogP contribution is -2.51. The van der Waals surface area contributed by atoms with E-state index in [4.69, 9.17) is 43.0 Å². The van der Waals surface area contributed by atoms with E-state index in [0.717, 1.165) is 5.56 Å². The van der Waals surface area contributed by atoms with Crippen LogP contribution in [0.5, 0.6) is 0 Å². The predicted molar refractivity (Wildman–Crippen MR) is 100 cm³/mol. The first-order valence-electron chi connectivity index (χ1n) is 8.46. The maximum Gasteiger partial charge on any atom is 0.337 e. The zero-order valence-electron chi connectivity index (χ0n) is 14.9. The summed E-state index contributed by atoms with van der Waals surface area (Å²) in [5.41, 5.74) is 19.3. The van der Waals surface area contributed by atoms with Gasteiger partial charge in [0.25, 0.3) is 0 Å². The van der Waals surface area contributed by atoms with E-state index in [0.29, 0.717) is 31.0 Å². The van der Waals surface area contributed by atoms with E-state index >= 15 is 0 Å². The van der Waals surface area contributed by atoms with Gasteiger partial charge in [0.1, 0.15) is 23.2 Å². The van der Waals surface area contributed by atoms with E-state index in [9.17, 15) is 4.79 Å². The van der Waals surface area contributed by atoms with E-state index in [-0.39, 0.29) is 35.2 Å². The molecule has 2 saturated heterocycles. The maximum absolute atomic E-state index is 11.6. The first-order chi connectivity index (χ1) is 12.9. The molecule has 3 rings (SSSR count). The van der Waals surface area contributed by atoms with E-state index in [1.165, 1.54) is 13.2 Å². The quantitative estimate of drug-likeness (QED) is 0.388. The highest BCUT2D eigenvalue weighted by Crippen LogP contribution is 2.34. The van der Waals surface area contributed by atoms with Crippen LogP contribution in [0.25, 0.3) is 0 Å². The summed E-state index contributed by atoms with van der Waals surface area (Å²) in [5.74, 6) is -0.271. The number of hydrogen-bond donors (Lipinski definition) is 3. The van der Waals surface area contributed by atoms with Crippen LogP contribution in [0.1, 0.15) is 22.0 Å². The van der Waals surface area contributed by atoms with Crippen molar-refractivity contribution in [3.8, 4) is 0 Å². The number of benzene rings is 1. The lowest BCUT2D eigenvalue weighted by Gasteiger charge is -2.43. The molecule has 8 nitrogen and oxygen atoms in total. The minimum Gasteiger partial charge on any atom is -0.465 e. The van der Waals surface area contributed by atoms with E-state index in [2.05, 4.69) is 0 Å². The molecule has 0 saturated carbocycles. The SMILES string of the molecule is COC(=O)c1ccc(C2CN(C(/C=C(\N)Cl)=C(N)N)C3COCC3O2)cc1. The minimum absolute atomic E-state index is 0.0417. The molecule has 3 atom stereocenters. The number of ether oxygens (including phenoxy) is 3. The van der Waals surface area contributed by atoms with E-state index < -0.39 is 0 Å². The Kier molecular flexibility index (Phi) is 5.79. The number of nitrogens with two attached hydrogens (primary N) is 3. The molecule has 0 amide bonds. The molecule has 9 heteroatoms. The normalized spacial score (nSPS) is 25.0. The summed E-state index contributed by atoms with van der Waals surface area (Å²) in [4.78, 5) is 13.6. The average molecular weight is 395 g/mol. The van der Waals surface area contributed by atoms with Gasteiger partial charge in [0.2, 0.25) is 0 Å². The Balaban J connectivity index is 1.89. The fourth-order valence-corrected chi connectivity index (χ4v) is 3.49. The second kappa shape index (κ2) is 8.08. The van der Waals surface area contributed by atoms with Crippen molar-refractivity contribution < 1.29 is 19.0 Å². The van der Waals surface area contributed by atoms with Crippen LogP contribution in [0.15, 0.2) is 47.0 Å². The number of nitrogens with zero attached hydrogens (tertiary/aromatic N) is 1. The summed E-state index contributed by atoms with van der Waals surface area (Å²) in [6.45, 7) is 1.44. The highest BCUT2D eigenvalue weighted by molar-refractivity contribution is 6.29. The fraction of sp³-hybridized carbons (Fsp3) is 0.389. The van der Waals surface area contributed by atoms with Gasteiger partial charge in [-0.3, -0.25) is 0 Å². The molecule has 0 aromatic heterocycles. The molecule has 27 heavy (non-hydrogen) atoms. The molecule has 1 aromatic carbocycles. The third kappa shape index (κ3) is 4.13. The van der Waals surface area contributed by atoms with Crippen molar-refractivity contribution in [1.82, 2.24) is 4.90 Å². The molecule has 146 valence electrons. The third-order valence-corrected chi connectivity index (χ3v) is 4.79. The van der Waals surface area contributed by atoms with E-state index in [1.807, 2.05) is 17.0 Å². The van der Waals surface area contributed by atoms with Crippen LogP contribution in [0.3, 0.4) is 0 Å². The molecule has 2 heterocycles. The Bertz CT molecular complexity index is 757. The van der Waals surface area contributed by atoms with Crippen molar-refractivity contribution in [3.05, 3.63) is 58.1 Å². The molecule has 1 aromatic rings. The van der Waals surface area contributed by atoms with Crippen molar-refractivity contribution in [2.75, 3.05) is 26.9 Å². The summed E-state index contributed by atoms with van der Waals surface area (Å²) in [6, 6.07) is 7.05. The summed E-state index contributed by atoms with van der Waals surface area (Å²) in [7, 11) is 1.35. The van der Waals surface area contributed by atoms with Gasteiger partial charge < -0.3 is 36.3 Å². The fourth-order valence-electron chi connectivity index (χ4n) is 3.39. The smallest absolute Gasteiger partial charge is 0.337 e. The van der Waals surface area contributed by atoms with Crippen molar-refractivity contribution in [2.24, 2.45) is 17.2 Å². The molecule has 0 bridgehead atoms. The van der Waals surface area contributed by atoms with Gasteiger partial charge in [0.15, 0.2) is 0 Å². The highest BCUT2D eigenvalue weighted by atomic mass is 35.5. The number of hydrogen-bond acceptors (Lipinski definition) is 8. The van der Waals surface area contributed by atoms with Gasteiger partial charge in [-0.15, -0.1) is 0 Å². The van der Waals surface area contributed by atoms with Crippen LogP contribution in [-0.2, 0) is 14.2 Å². The van der Waals surface area contributed by atoms with Gasteiger partial charge in [-0.2, -0.15) is 0 Å². The van der Waals surface area contributed by atoms with Gasteiger partial charge in [-0.25, -0.2) is 4.79 Å². The van der Waals surface area contributed by atoms with E-state index in [1.54, 1.807) is 12.1 Å². The van der Waals surface area contributed by atoms with Gasteiger partial charge in [-0.05, 0) is 23.8 Å². The number of methoxy groups -OCH3 is 1. The summed E-state index contributed by atoms with van der Waals surface area (Å²) >= 11 is 5.85. The number of allylic oxidation sites excluding steroid dienone is 1. The molecule has 0 radical (unpaired) electrons. The van der Waals surface area contributed by atoms with Crippen LogP contribution in [0.2, 0.25) is 0 Å². The first-order valence-corrected chi connectivity index (χ1v) is 8.84. The number of carbonyl (C=O) groups is 1. The van der Waals surface area contributed by atoms with Crippen molar-refractivity contribution >= 4 is 17.6 Å². The standard InChI is InChI=1S/C18H23ClN4O4/c1-25-18(24)11-4-2-10(3-5-11)14-7-23(12(17(21)22)6-16(19)20)13-8-26-9-15(13)27-14/h2-6,13-15H,7-9,20-22H2,1H3/b16-6-. The van der Waals surface area contributed by atoms with Crippen molar-refractivity contribution in [2.45, 2.75) is 18.2 Å². The maximum atomic E-state index is 11.6. The topological polar surface area (TPSA) is 126 Å². The van der Waals surface area contributed by atoms with Crippen LogP contribution < -0.4 is 17.2 Å². The van der Waals surface area contributed by atoms with Gasteiger partial charge in [0.05, 0.1) is 37.6 Å². The number of morpholine rings is 1. The molecule has 0 spiro atoms. The van der Waals surface area contributed by atoms with Gasteiger partial charge in [-0.1, -0.05) is 23.7 Å². The summed E-state index contributed by atoms with van der Waals surface area (Å²) in [6.07, 6.45) is 1.12. The second-order valence-corrected chi connectivity index (χ2v) is 6.84. The molecule has 2 fully saturated rings. The largest absolute Gasteiger partial charge is 0.465 e. The molecule has 3 unspecified atom stereocenters. The Hall–Kier alpha value is -2.42. The van der Waals surface area contributed by atoms with Crippen molar-refractivity contribution in [1.29, 1.82) is 0 Å². The van der Waals surface area contributed by atoms with Crippen LogP contribution in [0.4, 0.5) is 0 Å². The number of carbonyl (C=O) groups excluding carboxylic acids is 1. The minimum atomic E-state index is -0.388. The molecule has 2 aliphatic rings. The molecule has 0 aliphatic carbocycles. The third-order valence-electron chi connectivity index (χ3n) is 4.69. The predicted octanol–water partition coefficient (Wildman–Crippen LogP) is 0.739. The zero-order chi connectivity index (χ0) is 19.6. The average Bonchev–Trinajstić information content (AvgIpc) is 3.13. The first kappa shape index (κ1) is 19.3. The molecule has 2 aliphatic heterocycles. The van der Waals surface area contributed by atoms with Crippen molar-refractivity contribution in [3.63, 3.8) is 0 Å². The van der Waals surface area contributed by atoms with Crippen LogP contribution in [-0.4, -0.2) is 49.9 Å². The van der Waals surface area contributed by atoms with Crippen LogP contribution >= 0.6 is 11.6 Å². The number of fused-ring (bicyclic) bond motifs is 1. The number of esters is 1. The molecular weight excluding hydrogens is 372 g/mol. The number of rotatable bonds is 4. The second-order valence-electron chi connectivity index (χ2n) is 6.40. The van der Waals surface area contributed by atoms with Gasteiger partial charge >= 0.3 is 5.97 Å². The Morgan fingerprint density at radius 1 is 1.26 bits per heavy atom. The Labute approximate surface area is 162 Å². The monoisotopic (exact) mass is 394 g/mol. The Morgan fingerprint density at radius 3 is 2.56 bits per heavy atom. The Morgan fingerprint density at radius 2 is 1.96 bits per heavy atom. The molecular formula is C18H23ClN4O4. The van der Waals surface area contributed by atoms with Gasteiger partial charge in [0, 0.05) is 6.54 Å². The number of halogens is 1. The summed E-state index contributed by atoms with van der Waals surface area (Å²) in [5, 5.41) is 0.0827. The van der Waals surface area contributed by atoms with Crippen LogP contribution in [0, 0.1) is 0 Å². The highest BCUT2D eigenvalue weighted by Gasteiger charge is 2.42.